The van der Waals surface area contributed by atoms with Gasteiger partial charge in [-0.3, -0.25) is 5.84 Å². The molecule has 1 atom stereocenters. The Hall–Kier alpha value is -1.36. The number of fused-ring (bicyclic) bond motifs is 1. The average Bonchev–Trinajstić information content (AvgIpc) is 2.92. The molecule has 108 valence electrons. The number of para-hydroxylation sites is 1. The zero-order valence-electron chi connectivity index (χ0n) is 11.9. The molecule has 0 radical (unpaired) electrons. The van der Waals surface area contributed by atoms with Crippen molar-refractivity contribution >= 4 is 11.0 Å². The van der Waals surface area contributed by atoms with Crippen molar-refractivity contribution in [1.29, 1.82) is 0 Å². The summed E-state index contributed by atoms with van der Waals surface area (Å²) in [5.41, 5.74) is 3.55. The van der Waals surface area contributed by atoms with E-state index in [4.69, 9.17) is 15.0 Å². The number of hydrazine groups is 1. The smallest absolute Gasteiger partial charge is 0.134 e. The van der Waals surface area contributed by atoms with Crippen LogP contribution in [0.4, 0.5) is 0 Å². The predicted octanol–water partition coefficient (Wildman–Crippen LogP) is 3.29. The van der Waals surface area contributed by atoms with Gasteiger partial charge in [0, 0.05) is 12.5 Å². The molecule has 0 saturated heterocycles. The molecule has 0 bridgehead atoms. The molecule has 4 heteroatoms. The van der Waals surface area contributed by atoms with Crippen LogP contribution < -0.4 is 11.3 Å². The predicted molar refractivity (Wildman–Crippen MR) is 79.1 cm³/mol. The molecule has 1 aromatic heterocycles. The van der Waals surface area contributed by atoms with E-state index < -0.39 is 0 Å². The molecule has 4 nitrogen and oxygen atoms in total. The molecule has 1 saturated carbocycles. The summed E-state index contributed by atoms with van der Waals surface area (Å²) >= 11 is 0. The Balaban J connectivity index is 1.99. The molecule has 1 fully saturated rings. The second kappa shape index (κ2) is 5.56. The Labute approximate surface area is 119 Å². The SMILES string of the molecule is COC1(C(NN)c2cc3ccccc3o2)CCCCC1. The zero-order valence-corrected chi connectivity index (χ0v) is 11.9. The number of rotatable bonds is 4. The third-order valence-corrected chi connectivity index (χ3v) is 4.53. The van der Waals surface area contributed by atoms with Crippen molar-refractivity contribution in [3.63, 3.8) is 0 Å². The zero-order chi connectivity index (χ0) is 14.0. The van der Waals surface area contributed by atoms with E-state index in [-0.39, 0.29) is 11.6 Å². The van der Waals surface area contributed by atoms with Crippen LogP contribution in [0.5, 0.6) is 0 Å². The normalized spacial score (nSPS) is 20.1. The van der Waals surface area contributed by atoms with Gasteiger partial charge in [0.25, 0.3) is 0 Å². The maximum Gasteiger partial charge on any atom is 0.134 e. The fraction of sp³-hybridized carbons (Fsp3) is 0.500. The van der Waals surface area contributed by atoms with Crippen LogP contribution in [0, 0.1) is 0 Å². The van der Waals surface area contributed by atoms with Crippen molar-refractivity contribution in [3.05, 3.63) is 36.1 Å². The van der Waals surface area contributed by atoms with Crippen LogP contribution in [0.3, 0.4) is 0 Å². The molecule has 2 aromatic rings. The van der Waals surface area contributed by atoms with Gasteiger partial charge in [0.05, 0.1) is 5.60 Å². The van der Waals surface area contributed by atoms with E-state index in [1.807, 2.05) is 18.2 Å². The van der Waals surface area contributed by atoms with E-state index in [9.17, 15) is 0 Å². The molecule has 0 spiro atoms. The highest BCUT2D eigenvalue weighted by molar-refractivity contribution is 5.77. The number of nitrogens with one attached hydrogen (secondary N) is 1. The summed E-state index contributed by atoms with van der Waals surface area (Å²) in [7, 11) is 1.78. The molecule has 3 rings (SSSR count). The van der Waals surface area contributed by atoms with E-state index in [1.165, 1.54) is 19.3 Å². The summed E-state index contributed by atoms with van der Waals surface area (Å²) in [5.74, 6) is 6.69. The summed E-state index contributed by atoms with van der Waals surface area (Å²) in [5, 5.41) is 1.10. The first-order valence-electron chi connectivity index (χ1n) is 7.29. The number of benzene rings is 1. The van der Waals surface area contributed by atoms with Crippen molar-refractivity contribution in [2.24, 2.45) is 5.84 Å². The monoisotopic (exact) mass is 274 g/mol. The van der Waals surface area contributed by atoms with Gasteiger partial charge in [-0.2, -0.15) is 0 Å². The standard InChI is InChI=1S/C16H22N2O2/c1-19-16(9-5-2-6-10-16)15(18-17)14-11-12-7-3-4-8-13(12)20-14/h3-4,7-8,11,15,18H,2,5-6,9-10,17H2,1H3. The van der Waals surface area contributed by atoms with Crippen LogP contribution in [0.15, 0.2) is 34.7 Å². The quantitative estimate of drug-likeness (QED) is 0.663. The van der Waals surface area contributed by atoms with Gasteiger partial charge < -0.3 is 9.15 Å². The molecule has 0 amide bonds. The van der Waals surface area contributed by atoms with Gasteiger partial charge in [-0.15, -0.1) is 0 Å². The maximum atomic E-state index is 5.98. The van der Waals surface area contributed by atoms with Crippen LogP contribution in [0.25, 0.3) is 11.0 Å². The third kappa shape index (κ3) is 2.24. The van der Waals surface area contributed by atoms with E-state index in [2.05, 4.69) is 17.6 Å². The largest absolute Gasteiger partial charge is 0.459 e. The lowest BCUT2D eigenvalue weighted by molar-refractivity contribution is -0.0731. The topological polar surface area (TPSA) is 60.4 Å². The van der Waals surface area contributed by atoms with E-state index >= 15 is 0 Å². The Kier molecular flexibility index (Phi) is 3.78. The van der Waals surface area contributed by atoms with E-state index in [1.54, 1.807) is 7.11 Å². The van der Waals surface area contributed by atoms with Crippen molar-refractivity contribution in [2.45, 2.75) is 43.7 Å². The highest BCUT2D eigenvalue weighted by atomic mass is 16.5. The van der Waals surface area contributed by atoms with E-state index in [0.717, 1.165) is 29.6 Å². The molecule has 1 unspecified atom stereocenters. The lowest BCUT2D eigenvalue weighted by atomic mass is 9.78. The Morgan fingerprint density at radius 1 is 1.25 bits per heavy atom. The summed E-state index contributed by atoms with van der Waals surface area (Å²) in [4.78, 5) is 0. The Morgan fingerprint density at radius 3 is 2.65 bits per heavy atom. The molecule has 0 aliphatic heterocycles. The van der Waals surface area contributed by atoms with Crippen LogP contribution in [-0.2, 0) is 4.74 Å². The van der Waals surface area contributed by atoms with Crippen molar-refractivity contribution in [3.8, 4) is 0 Å². The highest BCUT2D eigenvalue weighted by Crippen LogP contribution is 2.41. The first-order chi connectivity index (χ1) is 9.79. The average molecular weight is 274 g/mol. The van der Waals surface area contributed by atoms with Crippen LogP contribution in [0.2, 0.25) is 0 Å². The minimum absolute atomic E-state index is 0.111. The molecule has 1 aliphatic rings. The molecule has 1 aliphatic carbocycles. The first-order valence-corrected chi connectivity index (χ1v) is 7.29. The molecular weight excluding hydrogens is 252 g/mol. The number of hydrogen-bond acceptors (Lipinski definition) is 4. The number of methoxy groups -OCH3 is 1. The van der Waals surface area contributed by atoms with Crippen LogP contribution in [0.1, 0.15) is 43.9 Å². The van der Waals surface area contributed by atoms with Crippen molar-refractivity contribution in [1.82, 2.24) is 5.43 Å². The summed E-state index contributed by atoms with van der Waals surface area (Å²) in [6, 6.07) is 9.98. The minimum atomic E-state index is -0.263. The van der Waals surface area contributed by atoms with Gasteiger partial charge in [-0.1, -0.05) is 37.5 Å². The van der Waals surface area contributed by atoms with Crippen molar-refractivity contribution < 1.29 is 9.15 Å². The van der Waals surface area contributed by atoms with Crippen LogP contribution >= 0.6 is 0 Å². The van der Waals surface area contributed by atoms with Crippen LogP contribution in [-0.4, -0.2) is 12.7 Å². The second-order valence-corrected chi connectivity index (χ2v) is 5.62. The molecule has 1 aromatic carbocycles. The molecular formula is C16H22N2O2. The van der Waals surface area contributed by atoms with Gasteiger partial charge in [-0.05, 0) is 25.0 Å². The van der Waals surface area contributed by atoms with Gasteiger partial charge in [0.15, 0.2) is 0 Å². The number of hydrogen-bond donors (Lipinski definition) is 2. The molecule has 3 N–H and O–H groups in total. The molecule has 20 heavy (non-hydrogen) atoms. The second-order valence-electron chi connectivity index (χ2n) is 5.62. The fourth-order valence-corrected chi connectivity index (χ4v) is 3.40. The van der Waals surface area contributed by atoms with Crippen molar-refractivity contribution in [2.75, 3.05) is 7.11 Å². The summed E-state index contributed by atoms with van der Waals surface area (Å²) in [6.45, 7) is 0. The number of furan rings is 1. The third-order valence-electron chi connectivity index (χ3n) is 4.53. The number of nitrogens with two attached hydrogens (primary N) is 1. The summed E-state index contributed by atoms with van der Waals surface area (Å²) < 4.78 is 11.9. The van der Waals surface area contributed by atoms with Gasteiger partial charge >= 0.3 is 0 Å². The minimum Gasteiger partial charge on any atom is -0.459 e. The van der Waals surface area contributed by atoms with Gasteiger partial charge in [0.1, 0.15) is 17.4 Å². The van der Waals surface area contributed by atoms with E-state index in [0.29, 0.717) is 0 Å². The lowest BCUT2D eigenvalue weighted by Crippen LogP contribution is -2.49. The number of ether oxygens (including phenoxy) is 1. The Morgan fingerprint density at radius 2 is 2.00 bits per heavy atom. The highest BCUT2D eigenvalue weighted by Gasteiger charge is 2.42. The maximum absolute atomic E-state index is 5.98. The lowest BCUT2D eigenvalue weighted by Gasteiger charge is -2.41. The van der Waals surface area contributed by atoms with Gasteiger partial charge in [0.2, 0.25) is 0 Å². The van der Waals surface area contributed by atoms with Gasteiger partial charge in [-0.25, -0.2) is 5.43 Å². The summed E-state index contributed by atoms with van der Waals surface area (Å²) in [6.07, 6.45) is 5.63. The first kappa shape index (κ1) is 13.6. The Bertz CT molecular complexity index is 540. The fourth-order valence-electron chi connectivity index (χ4n) is 3.40. The molecule has 1 heterocycles.